The second-order valence-corrected chi connectivity index (χ2v) is 3.17. The smallest absolute Gasteiger partial charge is 0.273 e. The first kappa shape index (κ1) is 12.1. The molecule has 16 heavy (non-hydrogen) atoms. The van der Waals surface area contributed by atoms with Crippen molar-refractivity contribution in [3.63, 3.8) is 0 Å². The molecule has 1 amide bonds. The van der Waals surface area contributed by atoms with Gasteiger partial charge in [0.2, 0.25) is 0 Å². The number of hydrogen-bond donors (Lipinski definition) is 2. The van der Waals surface area contributed by atoms with Gasteiger partial charge in [-0.3, -0.25) is 9.48 Å². The monoisotopic (exact) mass is 222 g/mol. The molecule has 0 spiro atoms. The van der Waals surface area contributed by atoms with Crippen LogP contribution < -0.4 is 11.1 Å². The van der Waals surface area contributed by atoms with E-state index in [1.165, 1.54) is 0 Å². The maximum absolute atomic E-state index is 11.4. The second kappa shape index (κ2) is 6.53. The lowest BCUT2D eigenvalue weighted by molar-refractivity contribution is 0.0949. The molecule has 7 nitrogen and oxygen atoms in total. The summed E-state index contributed by atoms with van der Waals surface area (Å²) >= 11 is 0. The molecule has 1 aromatic heterocycles. The largest absolute Gasteiger partial charge is 0.350 e. The van der Waals surface area contributed by atoms with E-state index in [0.717, 1.165) is 6.42 Å². The molecule has 86 valence electrons. The summed E-state index contributed by atoms with van der Waals surface area (Å²) in [5.41, 5.74) is 5.61. The standard InChI is InChI=1S/C9H14N6O/c10-3-1-5-12-9(16)8-7-15(14-13-8)6-2-4-11/h7H,1-2,4-6,11H2,(H,12,16). The zero-order valence-corrected chi connectivity index (χ0v) is 8.89. The Morgan fingerprint density at radius 2 is 2.50 bits per heavy atom. The summed E-state index contributed by atoms with van der Waals surface area (Å²) < 4.78 is 1.58. The Morgan fingerprint density at radius 3 is 3.19 bits per heavy atom. The predicted octanol–water partition coefficient (Wildman–Crippen LogP) is -0.730. The number of carbonyl (C=O) groups is 1. The lowest BCUT2D eigenvalue weighted by Gasteiger charge is -1.97. The van der Waals surface area contributed by atoms with Crippen molar-refractivity contribution >= 4 is 5.91 Å². The molecule has 0 radical (unpaired) electrons. The van der Waals surface area contributed by atoms with Gasteiger partial charge in [0.05, 0.1) is 18.7 Å². The van der Waals surface area contributed by atoms with E-state index < -0.39 is 0 Å². The Kier molecular flexibility index (Phi) is 4.95. The fourth-order valence-electron chi connectivity index (χ4n) is 1.09. The highest BCUT2D eigenvalue weighted by atomic mass is 16.1. The van der Waals surface area contributed by atoms with Gasteiger partial charge in [0.25, 0.3) is 5.91 Å². The molecule has 0 saturated carbocycles. The Balaban J connectivity index is 2.44. The first-order chi connectivity index (χ1) is 7.77. The van der Waals surface area contributed by atoms with Gasteiger partial charge in [-0.05, 0) is 13.0 Å². The van der Waals surface area contributed by atoms with Crippen LogP contribution in [0, 0.1) is 11.3 Å². The first-order valence-corrected chi connectivity index (χ1v) is 5.03. The van der Waals surface area contributed by atoms with E-state index in [9.17, 15) is 4.79 Å². The molecule has 0 atom stereocenters. The molecule has 0 aliphatic heterocycles. The average Bonchev–Trinajstić information content (AvgIpc) is 2.75. The molecule has 3 N–H and O–H groups in total. The third kappa shape index (κ3) is 3.67. The van der Waals surface area contributed by atoms with E-state index in [1.807, 2.05) is 6.07 Å². The van der Waals surface area contributed by atoms with Crippen LogP contribution in [0.5, 0.6) is 0 Å². The van der Waals surface area contributed by atoms with Crippen LogP contribution in [0.2, 0.25) is 0 Å². The number of nitriles is 1. The molecule has 1 rings (SSSR count). The van der Waals surface area contributed by atoms with E-state index in [2.05, 4.69) is 15.6 Å². The number of nitrogens with one attached hydrogen (secondary N) is 1. The molecule has 0 fully saturated rings. The van der Waals surface area contributed by atoms with Crippen LogP contribution in [-0.4, -0.2) is 34.0 Å². The van der Waals surface area contributed by atoms with Gasteiger partial charge in [0.1, 0.15) is 0 Å². The van der Waals surface area contributed by atoms with Gasteiger partial charge < -0.3 is 11.1 Å². The number of aromatic nitrogens is 3. The molecule has 0 aromatic carbocycles. The molecular formula is C9H14N6O. The third-order valence-corrected chi connectivity index (χ3v) is 1.88. The minimum atomic E-state index is -0.311. The highest BCUT2D eigenvalue weighted by Gasteiger charge is 2.09. The molecule has 0 aliphatic carbocycles. The number of amides is 1. The van der Waals surface area contributed by atoms with E-state index in [-0.39, 0.29) is 18.0 Å². The van der Waals surface area contributed by atoms with Gasteiger partial charge in [0, 0.05) is 13.1 Å². The SMILES string of the molecule is N#CCCNC(=O)c1cn(CCCN)nn1. The summed E-state index contributed by atoms with van der Waals surface area (Å²) in [6, 6.07) is 1.94. The van der Waals surface area contributed by atoms with Crippen molar-refractivity contribution in [1.29, 1.82) is 5.26 Å². The van der Waals surface area contributed by atoms with Crippen molar-refractivity contribution in [2.75, 3.05) is 13.1 Å². The fraction of sp³-hybridized carbons (Fsp3) is 0.556. The van der Waals surface area contributed by atoms with Gasteiger partial charge in [-0.25, -0.2) is 0 Å². The zero-order chi connectivity index (χ0) is 11.8. The van der Waals surface area contributed by atoms with Gasteiger partial charge in [-0.2, -0.15) is 5.26 Å². The maximum Gasteiger partial charge on any atom is 0.273 e. The summed E-state index contributed by atoms with van der Waals surface area (Å²) in [5.74, 6) is -0.311. The Hall–Kier alpha value is -1.94. The molecular weight excluding hydrogens is 208 g/mol. The van der Waals surface area contributed by atoms with Crippen molar-refractivity contribution in [3.8, 4) is 6.07 Å². The van der Waals surface area contributed by atoms with Crippen LogP contribution in [0.1, 0.15) is 23.3 Å². The summed E-state index contributed by atoms with van der Waals surface area (Å²) in [7, 11) is 0. The third-order valence-electron chi connectivity index (χ3n) is 1.88. The van der Waals surface area contributed by atoms with Crippen molar-refractivity contribution in [1.82, 2.24) is 20.3 Å². The molecule has 1 heterocycles. The van der Waals surface area contributed by atoms with E-state index in [4.69, 9.17) is 11.0 Å². The van der Waals surface area contributed by atoms with Gasteiger partial charge >= 0.3 is 0 Å². The Morgan fingerprint density at radius 1 is 1.69 bits per heavy atom. The number of carbonyl (C=O) groups excluding carboxylic acids is 1. The van der Waals surface area contributed by atoms with Crippen LogP contribution in [0.15, 0.2) is 6.20 Å². The number of rotatable bonds is 6. The van der Waals surface area contributed by atoms with E-state index in [0.29, 0.717) is 19.6 Å². The first-order valence-electron chi connectivity index (χ1n) is 5.03. The normalized spacial score (nSPS) is 9.75. The zero-order valence-electron chi connectivity index (χ0n) is 8.89. The fourth-order valence-corrected chi connectivity index (χ4v) is 1.09. The second-order valence-electron chi connectivity index (χ2n) is 3.17. The maximum atomic E-state index is 11.4. The molecule has 0 bridgehead atoms. The Bertz CT molecular complexity index is 380. The molecule has 0 saturated heterocycles. The highest BCUT2D eigenvalue weighted by molar-refractivity contribution is 5.91. The van der Waals surface area contributed by atoms with Crippen molar-refractivity contribution < 1.29 is 4.79 Å². The number of nitrogens with zero attached hydrogens (tertiary/aromatic N) is 4. The number of nitrogens with two attached hydrogens (primary N) is 1. The average molecular weight is 222 g/mol. The highest BCUT2D eigenvalue weighted by Crippen LogP contribution is 1.94. The molecule has 0 aliphatic rings. The topological polar surface area (TPSA) is 110 Å². The minimum absolute atomic E-state index is 0.259. The lowest BCUT2D eigenvalue weighted by atomic mass is 10.4. The minimum Gasteiger partial charge on any atom is -0.350 e. The number of aryl methyl sites for hydroxylation is 1. The van der Waals surface area contributed by atoms with Gasteiger partial charge in [-0.1, -0.05) is 5.21 Å². The lowest BCUT2D eigenvalue weighted by Crippen LogP contribution is -2.24. The summed E-state index contributed by atoms with van der Waals surface area (Å²) in [6.45, 7) is 1.55. The van der Waals surface area contributed by atoms with Crippen LogP contribution >= 0.6 is 0 Å². The predicted molar refractivity (Wildman–Crippen MR) is 56.3 cm³/mol. The van der Waals surface area contributed by atoms with Crippen molar-refractivity contribution in [2.24, 2.45) is 5.73 Å². The summed E-state index contributed by atoms with van der Waals surface area (Å²) in [6.07, 6.45) is 2.64. The Labute approximate surface area is 93.2 Å². The van der Waals surface area contributed by atoms with Crippen LogP contribution in [-0.2, 0) is 6.54 Å². The molecule has 1 aromatic rings. The van der Waals surface area contributed by atoms with Crippen LogP contribution in [0.25, 0.3) is 0 Å². The molecule has 0 unspecified atom stereocenters. The quantitative estimate of drug-likeness (QED) is 0.617. The number of hydrogen-bond acceptors (Lipinski definition) is 5. The van der Waals surface area contributed by atoms with Crippen molar-refractivity contribution in [3.05, 3.63) is 11.9 Å². The summed E-state index contributed by atoms with van der Waals surface area (Å²) in [4.78, 5) is 11.4. The van der Waals surface area contributed by atoms with Gasteiger partial charge in [0.15, 0.2) is 5.69 Å². The van der Waals surface area contributed by atoms with E-state index in [1.54, 1.807) is 10.9 Å². The summed E-state index contributed by atoms with van der Waals surface area (Å²) in [5, 5.41) is 18.4. The van der Waals surface area contributed by atoms with Crippen LogP contribution in [0.3, 0.4) is 0 Å². The van der Waals surface area contributed by atoms with Crippen LogP contribution in [0.4, 0.5) is 0 Å². The van der Waals surface area contributed by atoms with E-state index >= 15 is 0 Å². The van der Waals surface area contributed by atoms with Crippen molar-refractivity contribution in [2.45, 2.75) is 19.4 Å². The molecule has 7 heteroatoms. The van der Waals surface area contributed by atoms with Gasteiger partial charge in [-0.15, -0.1) is 5.10 Å².